The number of carbonyl (C=O) groups is 2. The first-order chi connectivity index (χ1) is 23.6. The second-order valence-electron chi connectivity index (χ2n) is 11.6. The van der Waals surface area contributed by atoms with Gasteiger partial charge in [0.15, 0.2) is 32.8 Å². The molecule has 11 nitrogen and oxygen atoms in total. The molecule has 5 rings (SSSR count). The molecular formula is C37H41NO10S. The number of methoxy groups -OCH3 is 3. The van der Waals surface area contributed by atoms with Gasteiger partial charge >= 0.3 is 0 Å². The predicted molar refractivity (Wildman–Crippen MR) is 181 cm³/mol. The van der Waals surface area contributed by atoms with E-state index in [1.807, 2.05) is 19.1 Å². The van der Waals surface area contributed by atoms with Gasteiger partial charge in [0.25, 0.3) is 11.8 Å². The van der Waals surface area contributed by atoms with Gasteiger partial charge in [0.1, 0.15) is 4.90 Å². The molecule has 2 aliphatic heterocycles. The van der Waals surface area contributed by atoms with E-state index in [1.54, 1.807) is 64.5 Å². The van der Waals surface area contributed by atoms with Crippen LogP contribution >= 0.6 is 0 Å². The number of benzene rings is 3. The van der Waals surface area contributed by atoms with E-state index in [4.69, 9.17) is 28.4 Å². The first kappa shape index (κ1) is 35.6. The van der Waals surface area contributed by atoms with E-state index in [1.165, 1.54) is 7.11 Å². The summed E-state index contributed by atoms with van der Waals surface area (Å²) in [4.78, 5) is 27.8. The van der Waals surface area contributed by atoms with Crippen molar-refractivity contribution in [1.82, 2.24) is 4.90 Å². The fourth-order valence-corrected chi connectivity index (χ4v) is 7.57. The highest BCUT2D eigenvalue weighted by Crippen LogP contribution is 2.48. The Morgan fingerprint density at radius 1 is 0.837 bits per heavy atom. The summed E-state index contributed by atoms with van der Waals surface area (Å²) in [5.74, 6) is 5.78. The van der Waals surface area contributed by atoms with Gasteiger partial charge in [0, 0.05) is 0 Å². The summed E-state index contributed by atoms with van der Waals surface area (Å²) in [6.07, 6.45) is -0.131. The predicted octanol–water partition coefficient (Wildman–Crippen LogP) is 6.30. The summed E-state index contributed by atoms with van der Waals surface area (Å²) >= 11 is 0. The number of ether oxygens (including phenoxy) is 6. The summed E-state index contributed by atoms with van der Waals surface area (Å²) in [6.45, 7) is 5.44. The highest BCUT2D eigenvalue weighted by Gasteiger charge is 2.41. The molecule has 3 atom stereocenters. The average molecular weight is 692 g/mol. The normalized spacial score (nSPS) is 17.6. The van der Waals surface area contributed by atoms with Crippen LogP contribution in [0.25, 0.3) is 0 Å². The third-order valence-electron chi connectivity index (χ3n) is 8.32. The van der Waals surface area contributed by atoms with Gasteiger partial charge in [-0.2, -0.15) is 0 Å². The maximum absolute atomic E-state index is 13.8. The third kappa shape index (κ3) is 7.05. The number of hydrogen-bond acceptors (Lipinski definition) is 10. The first-order valence-electron chi connectivity index (χ1n) is 16.2. The molecule has 0 saturated carbocycles. The van der Waals surface area contributed by atoms with Crippen LogP contribution in [0.15, 0.2) is 53.4 Å². The van der Waals surface area contributed by atoms with Crippen LogP contribution in [0.2, 0.25) is 0 Å². The van der Waals surface area contributed by atoms with Crippen molar-refractivity contribution in [2.45, 2.75) is 69.8 Å². The maximum atomic E-state index is 13.8. The van der Waals surface area contributed by atoms with E-state index < -0.39 is 34.0 Å². The number of imide groups is 1. The van der Waals surface area contributed by atoms with Gasteiger partial charge in [0.05, 0.1) is 57.0 Å². The molecule has 2 amide bonds. The van der Waals surface area contributed by atoms with Crippen molar-refractivity contribution in [3.63, 3.8) is 0 Å². The van der Waals surface area contributed by atoms with Crippen LogP contribution in [0.5, 0.6) is 28.7 Å². The van der Waals surface area contributed by atoms with E-state index in [-0.39, 0.29) is 46.0 Å². The number of sulfone groups is 1. The van der Waals surface area contributed by atoms with Gasteiger partial charge < -0.3 is 28.4 Å². The number of nitrogens with zero attached hydrogens (tertiary/aromatic N) is 1. The van der Waals surface area contributed by atoms with Crippen LogP contribution in [0, 0.1) is 11.8 Å². The van der Waals surface area contributed by atoms with Crippen molar-refractivity contribution in [1.29, 1.82) is 0 Å². The van der Waals surface area contributed by atoms with Crippen molar-refractivity contribution in [3.8, 4) is 40.6 Å². The number of carbonyl (C=O) groups excluding carboxylic acids is 2. The minimum Gasteiger partial charge on any atom is -0.493 e. The first-order valence-corrected chi connectivity index (χ1v) is 17.8. The van der Waals surface area contributed by atoms with Crippen LogP contribution < -0.4 is 23.7 Å². The third-order valence-corrected chi connectivity index (χ3v) is 10.2. The van der Waals surface area contributed by atoms with Crippen LogP contribution in [0.3, 0.4) is 0 Å². The number of amides is 2. The quantitative estimate of drug-likeness (QED) is 0.140. The molecule has 49 heavy (non-hydrogen) atoms. The number of rotatable bonds is 14. The molecule has 260 valence electrons. The lowest BCUT2D eigenvalue weighted by molar-refractivity contribution is 0.0370. The summed E-state index contributed by atoms with van der Waals surface area (Å²) in [6, 6.07) is 13.4. The monoisotopic (exact) mass is 691 g/mol. The Balaban J connectivity index is 1.58. The van der Waals surface area contributed by atoms with Crippen LogP contribution in [-0.2, 0) is 14.6 Å². The Morgan fingerprint density at radius 2 is 1.41 bits per heavy atom. The Labute approximate surface area is 287 Å². The molecule has 3 aromatic carbocycles. The molecule has 1 fully saturated rings. The smallest absolute Gasteiger partial charge is 0.265 e. The van der Waals surface area contributed by atoms with Crippen molar-refractivity contribution in [2.24, 2.45) is 0 Å². The van der Waals surface area contributed by atoms with E-state index >= 15 is 0 Å². The largest absolute Gasteiger partial charge is 0.493 e. The molecule has 0 aromatic heterocycles. The topological polar surface area (TPSA) is 127 Å². The number of hydrogen-bond donors (Lipinski definition) is 0. The van der Waals surface area contributed by atoms with Gasteiger partial charge in [-0.3, -0.25) is 9.59 Å². The SMILES string of the molecule is CC#CC(Oc1cc(C2CCC(c3cc(OC)c(OC)c(OC)c3)O2)cc(S(=O)(=O)CCC)c1OCCC)N1C(=O)c2ccccc2C1=O. The second kappa shape index (κ2) is 15.2. The lowest BCUT2D eigenvalue weighted by Crippen LogP contribution is -2.42. The fraction of sp³-hybridized carbons (Fsp3) is 0.405. The van der Waals surface area contributed by atoms with E-state index in [0.717, 1.165) is 10.5 Å². The molecule has 0 spiro atoms. The van der Waals surface area contributed by atoms with Gasteiger partial charge in [-0.1, -0.05) is 26.0 Å². The molecule has 2 aliphatic rings. The van der Waals surface area contributed by atoms with Crippen molar-refractivity contribution < 1.29 is 46.4 Å². The second-order valence-corrected chi connectivity index (χ2v) is 13.6. The minimum absolute atomic E-state index is 0.00210. The zero-order valence-corrected chi connectivity index (χ0v) is 29.3. The minimum atomic E-state index is -3.86. The average Bonchev–Trinajstić information content (AvgIpc) is 3.69. The lowest BCUT2D eigenvalue weighted by Gasteiger charge is -2.26. The summed E-state index contributed by atoms with van der Waals surface area (Å²) < 4.78 is 63.1. The molecule has 3 unspecified atom stereocenters. The zero-order chi connectivity index (χ0) is 35.3. The molecule has 0 N–H and O–H groups in total. The van der Waals surface area contributed by atoms with Crippen LogP contribution in [-0.4, -0.2) is 65.0 Å². The van der Waals surface area contributed by atoms with E-state index in [9.17, 15) is 18.0 Å². The zero-order valence-electron chi connectivity index (χ0n) is 28.5. The van der Waals surface area contributed by atoms with Crippen molar-refractivity contribution in [2.75, 3.05) is 33.7 Å². The van der Waals surface area contributed by atoms with Gasteiger partial charge in [-0.15, -0.1) is 5.92 Å². The van der Waals surface area contributed by atoms with Crippen LogP contribution in [0.1, 0.15) is 90.5 Å². The van der Waals surface area contributed by atoms with Gasteiger partial charge in [-0.25, -0.2) is 13.3 Å². The highest BCUT2D eigenvalue weighted by atomic mass is 32.2. The Hall–Kier alpha value is -4.73. The van der Waals surface area contributed by atoms with Crippen LogP contribution in [0.4, 0.5) is 0 Å². The van der Waals surface area contributed by atoms with E-state index in [2.05, 4.69) is 11.8 Å². The summed E-state index contributed by atoms with van der Waals surface area (Å²) in [5.41, 5.74) is 1.81. The summed E-state index contributed by atoms with van der Waals surface area (Å²) in [7, 11) is 0.754. The molecule has 2 heterocycles. The molecule has 0 bridgehead atoms. The Kier molecular flexibility index (Phi) is 11.1. The number of fused-ring (bicyclic) bond motifs is 1. The fourth-order valence-electron chi connectivity index (χ4n) is 6.05. The van der Waals surface area contributed by atoms with Crippen molar-refractivity contribution in [3.05, 3.63) is 70.8 Å². The highest BCUT2D eigenvalue weighted by molar-refractivity contribution is 7.91. The lowest BCUT2D eigenvalue weighted by atomic mass is 10.0. The maximum Gasteiger partial charge on any atom is 0.265 e. The standard InChI is InChI=1S/C37H41NO10S/c1-7-12-33(38-36(39)25-13-10-11-14-26(25)37(38)40)48-31-21-24(22-32(35(31)46-17-8-2)49(41,42)18-9-3)28-16-15-27(47-28)23-19-29(43-4)34(45-6)30(20-23)44-5/h10-11,13-14,19-22,27-28,33H,8-9,15-18H2,1-6H3. The summed E-state index contributed by atoms with van der Waals surface area (Å²) in [5, 5.41) is 0. The van der Waals surface area contributed by atoms with Gasteiger partial charge in [-0.05, 0) is 86.1 Å². The molecule has 3 aromatic rings. The van der Waals surface area contributed by atoms with Gasteiger partial charge in [0.2, 0.25) is 12.0 Å². The Morgan fingerprint density at radius 3 is 1.92 bits per heavy atom. The van der Waals surface area contributed by atoms with E-state index in [0.29, 0.717) is 48.5 Å². The molecule has 1 saturated heterocycles. The molecule has 0 aliphatic carbocycles. The Bertz CT molecular complexity index is 1830. The molecule has 0 radical (unpaired) electrons. The van der Waals surface area contributed by atoms with Crippen molar-refractivity contribution >= 4 is 21.7 Å². The molecule has 12 heteroatoms. The molecular weight excluding hydrogens is 650 g/mol.